The van der Waals surface area contributed by atoms with Crippen molar-refractivity contribution in [1.29, 1.82) is 0 Å². The van der Waals surface area contributed by atoms with Gasteiger partial charge in [0.1, 0.15) is 17.2 Å². The molecular formula is C26H26O4S. The van der Waals surface area contributed by atoms with E-state index in [1.165, 1.54) is 0 Å². The summed E-state index contributed by atoms with van der Waals surface area (Å²) in [5, 5.41) is 0.912. The summed E-state index contributed by atoms with van der Waals surface area (Å²) in [6.07, 6.45) is 0. The zero-order chi connectivity index (χ0) is 22.4. The predicted molar refractivity (Wildman–Crippen MR) is 128 cm³/mol. The Labute approximate surface area is 187 Å². The van der Waals surface area contributed by atoms with Crippen molar-refractivity contribution < 1.29 is 19.0 Å². The second-order valence-electron chi connectivity index (χ2n) is 6.46. The maximum atomic E-state index is 13.6. The Kier molecular flexibility index (Phi) is 7.32. The SMILES string of the molecule is CC.COc1ccc(-c2sc3cc(OC)ccc3c2C(=O)c2cccc(OC)c2)cc1. The van der Waals surface area contributed by atoms with E-state index in [1.54, 1.807) is 38.7 Å². The molecule has 0 saturated heterocycles. The molecule has 31 heavy (non-hydrogen) atoms. The van der Waals surface area contributed by atoms with Crippen molar-refractivity contribution >= 4 is 27.2 Å². The van der Waals surface area contributed by atoms with Crippen LogP contribution in [0.15, 0.2) is 66.7 Å². The number of rotatable bonds is 6. The summed E-state index contributed by atoms with van der Waals surface area (Å²) in [6.45, 7) is 4.00. The van der Waals surface area contributed by atoms with Gasteiger partial charge in [-0.05, 0) is 60.2 Å². The second-order valence-corrected chi connectivity index (χ2v) is 7.51. The summed E-state index contributed by atoms with van der Waals surface area (Å²) in [5.74, 6) is 2.16. The monoisotopic (exact) mass is 434 g/mol. The molecule has 4 rings (SSSR count). The summed E-state index contributed by atoms with van der Waals surface area (Å²) < 4.78 is 16.9. The van der Waals surface area contributed by atoms with E-state index in [4.69, 9.17) is 14.2 Å². The van der Waals surface area contributed by atoms with Crippen LogP contribution in [0, 0.1) is 0 Å². The first kappa shape index (κ1) is 22.4. The first-order chi connectivity index (χ1) is 15.1. The molecule has 0 aliphatic carbocycles. The molecule has 0 atom stereocenters. The topological polar surface area (TPSA) is 44.8 Å². The van der Waals surface area contributed by atoms with Crippen molar-refractivity contribution in [2.24, 2.45) is 0 Å². The number of carbonyl (C=O) groups is 1. The average molecular weight is 435 g/mol. The van der Waals surface area contributed by atoms with Gasteiger partial charge in [-0.25, -0.2) is 0 Å². The molecule has 160 valence electrons. The Morgan fingerprint density at radius 2 is 1.35 bits per heavy atom. The van der Waals surface area contributed by atoms with E-state index in [-0.39, 0.29) is 5.78 Å². The van der Waals surface area contributed by atoms with Crippen LogP contribution in [0.2, 0.25) is 0 Å². The van der Waals surface area contributed by atoms with Crippen molar-refractivity contribution in [3.05, 3.63) is 77.9 Å². The minimum atomic E-state index is -0.0360. The lowest BCUT2D eigenvalue weighted by atomic mass is 9.97. The van der Waals surface area contributed by atoms with Gasteiger partial charge in [0.05, 0.1) is 21.3 Å². The Morgan fingerprint density at radius 1 is 0.742 bits per heavy atom. The average Bonchev–Trinajstić information content (AvgIpc) is 3.23. The molecule has 0 spiro atoms. The van der Waals surface area contributed by atoms with Crippen LogP contribution in [0.25, 0.3) is 20.5 Å². The number of hydrogen-bond donors (Lipinski definition) is 0. The molecule has 0 radical (unpaired) electrons. The highest BCUT2D eigenvalue weighted by molar-refractivity contribution is 7.22. The molecule has 0 saturated carbocycles. The highest BCUT2D eigenvalue weighted by Gasteiger charge is 2.22. The van der Waals surface area contributed by atoms with Crippen molar-refractivity contribution in [3.8, 4) is 27.7 Å². The number of methoxy groups -OCH3 is 3. The number of ether oxygens (including phenoxy) is 3. The third-order valence-corrected chi connectivity index (χ3v) is 6.01. The van der Waals surface area contributed by atoms with Gasteiger partial charge in [0, 0.05) is 26.1 Å². The molecule has 0 fully saturated rings. The van der Waals surface area contributed by atoms with E-state index in [1.807, 2.05) is 74.5 Å². The van der Waals surface area contributed by atoms with Gasteiger partial charge in [-0.3, -0.25) is 4.79 Å². The molecule has 0 N–H and O–H groups in total. The third-order valence-electron chi connectivity index (χ3n) is 4.81. The number of fused-ring (bicyclic) bond motifs is 1. The second kappa shape index (κ2) is 10.1. The highest BCUT2D eigenvalue weighted by Crippen LogP contribution is 2.41. The first-order valence-electron chi connectivity index (χ1n) is 10.1. The van der Waals surface area contributed by atoms with Gasteiger partial charge in [0.25, 0.3) is 0 Å². The fourth-order valence-electron chi connectivity index (χ4n) is 3.28. The molecule has 4 nitrogen and oxygen atoms in total. The van der Waals surface area contributed by atoms with Crippen LogP contribution in [0.3, 0.4) is 0 Å². The molecule has 1 heterocycles. The quantitative estimate of drug-likeness (QED) is 0.311. The Morgan fingerprint density at radius 3 is 2.00 bits per heavy atom. The normalized spacial score (nSPS) is 10.2. The Hall–Kier alpha value is -3.31. The largest absolute Gasteiger partial charge is 0.497 e. The van der Waals surface area contributed by atoms with Gasteiger partial charge < -0.3 is 14.2 Å². The number of thiophene rings is 1. The van der Waals surface area contributed by atoms with Gasteiger partial charge >= 0.3 is 0 Å². The number of ketones is 1. The Bertz CT molecular complexity index is 1180. The summed E-state index contributed by atoms with van der Waals surface area (Å²) in [5.41, 5.74) is 2.25. The molecule has 0 aliphatic heterocycles. The minimum absolute atomic E-state index is 0.0360. The third kappa shape index (κ3) is 4.57. The highest BCUT2D eigenvalue weighted by atomic mass is 32.1. The summed E-state index contributed by atoms with van der Waals surface area (Å²) >= 11 is 1.58. The van der Waals surface area contributed by atoms with Crippen LogP contribution in [0.4, 0.5) is 0 Å². The van der Waals surface area contributed by atoms with Crippen LogP contribution < -0.4 is 14.2 Å². The summed E-state index contributed by atoms with van der Waals surface area (Å²) in [6, 6.07) is 20.8. The zero-order valence-electron chi connectivity index (χ0n) is 18.4. The molecular weight excluding hydrogens is 408 g/mol. The molecule has 0 amide bonds. The minimum Gasteiger partial charge on any atom is -0.497 e. The molecule has 5 heteroatoms. The van der Waals surface area contributed by atoms with E-state index in [9.17, 15) is 4.79 Å². The van der Waals surface area contributed by atoms with Gasteiger partial charge in [0.2, 0.25) is 0 Å². The molecule has 1 aromatic heterocycles. The number of benzene rings is 3. The smallest absolute Gasteiger partial charge is 0.195 e. The summed E-state index contributed by atoms with van der Waals surface area (Å²) in [7, 11) is 4.87. The van der Waals surface area contributed by atoms with E-state index in [0.29, 0.717) is 16.9 Å². The molecule has 0 unspecified atom stereocenters. The van der Waals surface area contributed by atoms with Crippen molar-refractivity contribution in [3.63, 3.8) is 0 Å². The van der Waals surface area contributed by atoms with Gasteiger partial charge in [-0.15, -0.1) is 11.3 Å². The van der Waals surface area contributed by atoms with Crippen LogP contribution in [0.1, 0.15) is 29.8 Å². The molecule has 0 bridgehead atoms. The van der Waals surface area contributed by atoms with Gasteiger partial charge in [-0.1, -0.05) is 26.0 Å². The lowest BCUT2D eigenvalue weighted by Crippen LogP contribution is -2.02. The number of carbonyl (C=O) groups excluding carboxylic acids is 1. The van der Waals surface area contributed by atoms with Crippen LogP contribution in [-0.2, 0) is 0 Å². The fourth-order valence-corrected chi connectivity index (χ4v) is 4.52. The predicted octanol–water partition coefficient (Wildman–Crippen LogP) is 6.85. The fraction of sp³-hybridized carbons (Fsp3) is 0.192. The van der Waals surface area contributed by atoms with Crippen molar-refractivity contribution in [2.75, 3.05) is 21.3 Å². The first-order valence-corrected chi connectivity index (χ1v) is 10.9. The van der Waals surface area contributed by atoms with Crippen molar-refractivity contribution in [1.82, 2.24) is 0 Å². The summed E-state index contributed by atoms with van der Waals surface area (Å²) in [4.78, 5) is 14.5. The van der Waals surface area contributed by atoms with Gasteiger partial charge in [0.15, 0.2) is 5.78 Å². The van der Waals surface area contributed by atoms with Crippen molar-refractivity contribution in [2.45, 2.75) is 13.8 Å². The van der Waals surface area contributed by atoms with E-state index in [2.05, 4.69) is 0 Å². The molecule has 0 aliphatic rings. The molecule has 3 aromatic carbocycles. The molecule has 4 aromatic rings. The lowest BCUT2D eigenvalue weighted by molar-refractivity contribution is 0.104. The standard InChI is InChI=1S/C24H20O4S.C2H6/c1-26-17-9-7-15(8-10-17)24-22(20-12-11-19(28-3)14-21(20)29-24)23(25)16-5-4-6-18(13-16)27-2;1-2/h4-14H,1-3H3;1-2H3. The van der Waals surface area contributed by atoms with Gasteiger partial charge in [-0.2, -0.15) is 0 Å². The van der Waals surface area contributed by atoms with Crippen LogP contribution in [0.5, 0.6) is 17.2 Å². The maximum absolute atomic E-state index is 13.6. The lowest BCUT2D eigenvalue weighted by Gasteiger charge is -2.07. The zero-order valence-corrected chi connectivity index (χ0v) is 19.2. The Balaban J connectivity index is 0.00000132. The van der Waals surface area contributed by atoms with Crippen LogP contribution in [-0.4, -0.2) is 27.1 Å². The van der Waals surface area contributed by atoms with E-state index in [0.717, 1.165) is 32.0 Å². The van der Waals surface area contributed by atoms with Crippen LogP contribution >= 0.6 is 11.3 Å². The number of hydrogen-bond acceptors (Lipinski definition) is 5. The van der Waals surface area contributed by atoms with E-state index < -0.39 is 0 Å². The maximum Gasteiger partial charge on any atom is 0.195 e. The van der Waals surface area contributed by atoms with E-state index >= 15 is 0 Å².